The van der Waals surface area contributed by atoms with Crippen LogP contribution in [0, 0.1) is 0 Å². The van der Waals surface area contributed by atoms with Gasteiger partial charge >= 0.3 is 0 Å². The van der Waals surface area contributed by atoms with Gasteiger partial charge in [0.1, 0.15) is 0 Å². The fourth-order valence-corrected chi connectivity index (χ4v) is 3.35. The summed E-state index contributed by atoms with van der Waals surface area (Å²) in [5, 5.41) is 0. The standard InChI is InChI=1S/C16H23N3O/c17-15(13-5-2-1-3-6-13)11-16(20)19-10-9-18-8-4-7-14(18)12-19/h1-3,5-6,14-15H,4,7-12,17H2. The summed E-state index contributed by atoms with van der Waals surface area (Å²) in [6, 6.07) is 10.3. The van der Waals surface area contributed by atoms with Crippen molar-refractivity contribution in [3.63, 3.8) is 0 Å². The second-order valence-electron chi connectivity index (χ2n) is 5.89. The molecular weight excluding hydrogens is 250 g/mol. The summed E-state index contributed by atoms with van der Waals surface area (Å²) in [5.41, 5.74) is 7.19. The van der Waals surface area contributed by atoms with Crippen LogP contribution in [-0.4, -0.2) is 47.9 Å². The predicted molar refractivity (Wildman–Crippen MR) is 79.2 cm³/mol. The Hall–Kier alpha value is -1.39. The number of hydrogen-bond donors (Lipinski definition) is 1. The van der Waals surface area contributed by atoms with Gasteiger partial charge in [0.05, 0.1) is 0 Å². The highest BCUT2D eigenvalue weighted by molar-refractivity contribution is 5.77. The van der Waals surface area contributed by atoms with Crippen molar-refractivity contribution in [2.75, 3.05) is 26.2 Å². The minimum atomic E-state index is -0.190. The topological polar surface area (TPSA) is 49.6 Å². The zero-order chi connectivity index (χ0) is 13.9. The lowest BCUT2D eigenvalue weighted by atomic mass is 10.0. The van der Waals surface area contributed by atoms with Gasteiger partial charge in [0.2, 0.25) is 5.91 Å². The van der Waals surface area contributed by atoms with Gasteiger partial charge in [0, 0.05) is 38.1 Å². The molecule has 2 atom stereocenters. The summed E-state index contributed by atoms with van der Waals surface area (Å²) >= 11 is 0. The van der Waals surface area contributed by atoms with Crippen molar-refractivity contribution in [3.05, 3.63) is 35.9 Å². The monoisotopic (exact) mass is 273 g/mol. The van der Waals surface area contributed by atoms with Gasteiger partial charge in [-0.3, -0.25) is 9.69 Å². The van der Waals surface area contributed by atoms with Crippen LogP contribution < -0.4 is 5.73 Å². The van der Waals surface area contributed by atoms with E-state index in [-0.39, 0.29) is 11.9 Å². The molecule has 0 bridgehead atoms. The highest BCUT2D eigenvalue weighted by atomic mass is 16.2. The van der Waals surface area contributed by atoms with E-state index < -0.39 is 0 Å². The quantitative estimate of drug-likeness (QED) is 0.905. The average Bonchev–Trinajstić information content (AvgIpc) is 2.95. The molecule has 20 heavy (non-hydrogen) atoms. The third-order valence-corrected chi connectivity index (χ3v) is 4.56. The summed E-state index contributed by atoms with van der Waals surface area (Å²) in [6.45, 7) is 3.98. The molecule has 2 N–H and O–H groups in total. The van der Waals surface area contributed by atoms with Gasteiger partial charge in [-0.15, -0.1) is 0 Å². The van der Waals surface area contributed by atoms with Crippen LogP contribution in [0.15, 0.2) is 30.3 Å². The molecule has 2 aliphatic heterocycles. The Morgan fingerprint density at radius 3 is 2.85 bits per heavy atom. The van der Waals surface area contributed by atoms with Gasteiger partial charge < -0.3 is 10.6 Å². The molecule has 108 valence electrons. The number of nitrogens with zero attached hydrogens (tertiary/aromatic N) is 2. The molecule has 4 nitrogen and oxygen atoms in total. The molecule has 1 amide bonds. The van der Waals surface area contributed by atoms with Gasteiger partial charge in [0.25, 0.3) is 0 Å². The number of piperazine rings is 1. The number of benzene rings is 1. The number of rotatable bonds is 3. The average molecular weight is 273 g/mol. The van der Waals surface area contributed by atoms with E-state index in [4.69, 9.17) is 5.73 Å². The van der Waals surface area contributed by atoms with E-state index in [9.17, 15) is 4.79 Å². The molecule has 2 saturated heterocycles. The Kier molecular flexibility index (Phi) is 4.03. The Morgan fingerprint density at radius 2 is 2.05 bits per heavy atom. The van der Waals surface area contributed by atoms with Crippen molar-refractivity contribution < 1.29 is 4.79 Å². The molecule has 2 unspecified atom stereocenters. The molecular formula is C16H23N3O. The normalized spacial score (nSPS) is 24.4. The van der Waals surface area contributed by atoms with Crippen LogP contribution in [0.5, 0.6) is 0 Å². The molecule has 1 aromatic carbocycles. The molecule has 0 spiro atoms. The maximum atomic E-state index is 12.4. The van der Waals surface area contributed by atoms with Crippen LogP contribution in [0.3, 0.4) is 0 Å². The highest BCUT2D eigenvalue weighted by Crippen LogP contribution is 2.23. The first-order valence-corrected chi connectivity index (χ1v) is 7.56. The van der Waals surface area contributed by atoms with Crippen molar-refractivity contribution in [3.8, 4) is 0 Å². The summed E-state index contributed by atoms with van der Waals surface area (Å²) in [6.07, 6.45) is 2.92. The lowest BCUT2D eigenvalue weighted by molar-refractivity contribution is -0.134. The molecule has 0 aliphatic carbocycles. The molecule has 3 rings (SSSR count). The van der Waals surface area contributed by atoms with E-state index in [0.29, 0.717) is 12.5 Å². The minimum absolute atomic E-state index is 0.190. The molecule has 2 aliphatic rings. The third-order valence-electron chi connectivity index (χ3n) is 4.56. The smallest absolute Gasteiger partial charge is 0.224 e. The fourth-order valence-electron chi connectivity index (χ4n) is 3.35. The third kappa shape index (κ3) is 2.86. The molecule has 2 fully saturated rings. The molecule has 0 radical (unpaired) electrons. The first-order valence-electron chi connectivity index (χ1n) is 7.56. The number of nitrogens with two attached hydrogens (primary N) is 1. The lowest BCUT2D eigenvalue weighted by Gasteiger charge is -2.37. The van der Waals surface area contributed by atoms with Gasteiger partial charge in [-0.1, -0.05) is 30.3 Å². The second kappa shape index (κ2) is 5.94. The first-order chi connectivity index (χ1) is 9.74. The van der Waals surface area contributed by atoms with E-state index in [1.165, 1.54) is 19.4 Å². The van der Waals surface area contributed by atoms with Crippen LogP contribution in [-0.2, 0) is 4.79 Å². The number of carbonyl (C=O) groups is 1. The van der Waals surface area contributed by atoms with Crippen LogP contribution in [0.1, 0.15) is 30.9 Å². The van der Waals surface area contributed by atoms with Crippen molar-refractivity contribution in [2.45, 2.75) is 31.3 Å². The van der Waals surface area contributed by atoms with Crippen molar-refractivity contribution in [2.24, 2.45) is 5.73 Å². The number of amides is 1. The molecule has 4 heteroatoms. The molecule has 2 heterocycles. The van der Waals surface area contributed by atoms with Gasteiger partial charge in [0.15, 0.2) is 0 Å². The number of carbonyl (C=O) groups excluding carboxylic acids is 1. The predicted octanol–water partition coefficient (Wildman–Crippen LogP) is 1.38. The van der Waals surface area contributed by atoms with E-state index in [0.717, 1.165) is 25.2 Å². The maximum Gasteiger partial charge on any atom is 0.224 e. The van der Waals surface area contributed by atoms with E-state index in [1.54, 1.807) is 0 Å². The number of hydrogen-bond acceptors (Lipinski definition) is 3. The van der Waals surface area contributed by atoms with Crippen LogP contribution in [0.25, 0.3) is 0 Å². The van der Waals surface area contributed by atoms with E-state index in [1.807, 2.05) is 35.2 Å². The highest BCUT2D eigenvalue weighted by Gasteiger charge is 2.32. The Balaban J connectivity index is 1.56. The summed E-state index contributed by atoms with van der Waals surface area (Å²) in [4.78, 5) is 16.9. The zero-order valence-corrected chi connectivity index (χ0v) is 11.9. The summed E-state index contributed by atoms with van der Waals surface area (Å²) in [5.74, 6) is 0.202. The van der Waals surface area contributed by atoms with Crippen LogP contribution in [0.4, 0.5) is 0 Å². The molecule has 0 saturated carbocycles. The Morgan fingerprint density at radius 1 is 1.25 bits per heavy atom. The Labute approximate surface area is 120 Å². The Bertz CT molecular complexity index is 462. The van der Waals surface area contributed by atoms with Crippen molar-refractivity contribution in [1.82, 2.24) is 9.80 Å². The van der Waals surface area contributed by atoms with Crippen LogP contribution in [0.2, 0.25) is 0 Å². The SMILES string of the molecule is NC(CC(=O)N1CCN2CCCC2C1)c1ccccc1. The molecule has 1 aromatic rings. The zero-order valence-electron chi connectivity index (χ0n) is 11.9. The number of fused-ring (bicyclic) bond motifs is 1. The minimum Gasteiger partial charge on any atom is -0.340 e. The second-order valence-corrected chi connectivity index (χ2v) is 5.89. The summed E-state index contributed by atoms with van der Waals surface area (Å²) in [7, 11) is 0. The maximum absolute atomic E-state index is 12.4. The van der Waals surface area contributed by atoms with Gasteiger partial charge in [-0.25, -0.2) is 0 Å². The van der Waals surface area contributed by atoms with E-state index >= 15 is 0 Å². The largest absolute Gasteiger partial charge is 0.340 e. The van der Waals surface area contributed by atoms with E-state index in [2.05, 4.69) is 4.90 Å². The van der Waals surface area contributed by atoms with Gasteiger partial charge in [-0.2, -0.15) is 0 Å². The van der Waals surface area contributed by atoms with Crippen LogP contribution >= 0.6 is 0 Å². The van der Waals surface area contributed by atoms with Gasteiger partial charge in [-0.05, 0) is 24.9 Å². The van der Waals surface area contributed by atoms with Crippen molar-refractivity contribution in [1.29, 1.82) is 0 Å². The fraction of sp³-hybridized carbons (Fsp3) is 0.562. The lowest BCUT2D eigenvalue weighted by Crippen LogP contribution is -2.52. The van der Waals surface area contributed by atoms with Crippen molar-refractivity contribution >= 4 is 5.91 Å². The summed E-state index contributed by atoms with van der Waals surface area (Å²) < 4.78 is 0. The molecule has 0 aromatic heterocycles. The first kappa shape index (κ1) is 13.6.